The van der Waals surface area contributed by atoms with E-state index in [1.807, 2.05) is 24.3 Å². The van der Waals surface area contributed by atoms with Crippen LogP contribution in [0, 0.1) is 0 Å². The van der Waals surface area contributed by atoms with E-state index in [1.54, 1.807) is 25.3 Å². The molecule has 1 amide bonds. The Kier molecular flexibility index (Phi) is 7.38. The van der Waals surface area contributed by atoms with Gasteiger partial charge in [-0.3, -0.25) is 4.79 Å². The number of methoxy groups -OCH3 is 1. The number of rotatable bonds is 8. The van der Waals surface area contributed by atoms with Gasteiger partial charge in [0.2, 0.25) is 11.0 Å². The predicted octanol–water partition coefficient (Wildman–Crippen LogP) is 5.72. The first-order valence-corrected chi connectivity index (χ1v) is 10.7. The third-order valence-corrected chi connectivity index (χ3v) is 6.13. The van der Waals surface area contributed by atoms with Crippen molar-refractivity contribution in [3.05, 3.63) is 52.5 Å². The van der Waals surface area contributed by atoms with Gasteiger partial charge >= 0.3 is 0 Å². The van der Waals surface area contributed by atoms with Crippen LogP contribution < -0.4 is 15.4 Å². The van der Waals surface area contributed by atoms with E-state index >= 15 is 0 Å². The number of ether oxygens (including phenoxy) is 1. The first-order chi connectivity index (χ1) is 13.5. The van der Waals surface area contributed by atoms with Gasteiger partial charge in [-0.15, -0.1) is 10.2 Å². The van der Waals surface area contributed by atoms with Crippen molar-refractivity contribution in [2.45, 2.75) is 10.8 Å². The molecule has 0 spiro atoms. The molecule has 0 aliphatic carbocycles. The molecule has 0 atom stereocenters. The fourth-order valence-corrected chi connectivity index (χ4v) is 4.44. The SMILES string of the molecule is COc1ccc(Nc2nnc(SCCC(=O)Nc3c(Cl)cccc3Cl)s2)cc1. The lowest BCUT2D eigenvalue weighted by atomic mass is 10.3. The van der Waals surface area contributed by atoms with Crippen molar-refractivity contribution < 1.29 is 9.53 Å². The Bertz CT molecular complexity index is 931. The monoisotopic (exact) mass is 454 g/mol. The number of anilines is 3. The van der Waals surface area contributed by atoms with Crippen molar-refractivity contribution in [1.82, 2.24) is 10.2 Å². The molecule has 1 heterocycles. The highest BCUT2D eigenvalue weighted by atomic mass is 35.5. The van der Waals surface area contributed by atoms with Crippen molar-refractivity contribution in [2.24, 2.45) is 0 Å². The van der Waals surface area contributed by atoms with E-state index in [9.17, 15) is 4.79 Å². The number of carbonyl (C=O) groups excluding carboxylic acids is 1. The van der Waals surface area contributed by atoms with Crippen LogP contribution in [-0.2, 0) is 4.79 Å². The number of halogens is 2. The van der Waals surface area contributed by atoms with Crippen molar-refractivity contribution in [1.29, 1.82) is 0 Å². The number of thioether (sulfide) groups is 1. The maximum atomic E-state index is 12.1. The molecule has 0 saturated carbocycles. The Morgan fingerprint density at radius 1 is 1.14 bits per heavy atom. The maximum absolute atomic E-state index is 12.1. The maximum Gasteiger partial charge on any atom is 0.225 e. The molecule has 0 unspecified atom stereocenters. The van der Waals surface area contributed by atoms with Gasteiger partial charge in [-0.05, 0) is 36.4 Å². The summed E-state index contributed by atoms with van der Waals surface area (Å²) in [7, 11) is 1.62. The van der Waals surface area contributed by atoms with Crippen LogP contribution in [0.15, 0.2) is 46.8 Å². The Labute approximate surface area is 180 Å². The minimum Gasteiger partial charge on any atom is -0.497 e. The van der Waals surface area contributed by atoms with Crippen LogP contribution in [0.2, 0.25) is 10.0 Å². The molecule has 0 bridgehead atoms. The van der Waals surface area contributed by atoms with Crippen LogP contribution >= 0.6 is 46.3 Å². The smallest absolute Gasteiger partial charge is 0.225 e. The number of amides is 1. The summed E-state index contributed by atoms with van der Waals surface area (Å²) in [6, 6.07) is 12.6. The predicted molar refractivity (Wildman–Crippen MR) is 117 cm³/mol. The number of carbonyl (C=O) groups is 1. The zero-order valence-electron chi connectivity index (χ0n) is 14.7. The van der Waals surface area contributed by atoms with Crippen LogP contribution in [0.3, 0.4) is 0 Å². The first kappa shape index (κ1) is 20.7. The molecule has 146 valence electrons. The van der Waals surface area contributed by atoms with Gasteiger partial charge in [-0.25, -0.2) is 0 Å². The van der Waals surface area contributed by atoms with Gasteiger partial charge in [-0.1, -0.05) is 52.4 Å². The second-order valence-electron chi connectivity index (χ2n) is 5.47. The summed E-state index contributed by atoms with van der Waals surface area (Å²) in [5.41, 5.74) is 1.33. The molecule has 3 rings (SSSR count). The third kappa shape index (κ3) is 5.75. The summed E-state index contributed by atoms with van der Waals surface area (Å²) in [6.45, 7) is 0. The summed E-state index contributed by atoms with van der Waals surface area (Å²) in [4.78, 5) is 12.1. The van der Waals surface area contributed by atoms with Crippen LogP contribution in [0.25, 0.3) is 0 Å². The van der Waals surface area contributed by atoms with E-state index in [2.05, 4.69) is 20.8 Å². The third-order valence-electron chi connectivity index (χ3n) is 3.53. The second-order valence-corrected chi connectivity index (χ2v) is 8.60. The van der Waals surface area contributed by atoms with Crippen LogP contribution in [0.1, 0.15) is 6.42 Å². The van der Waals surface area contributed by atoms with Crippen molar-refractivity contribution >= 4 is 68.7 Å². The number of hydrogen-bond donors (Lipinski definition) is 2. The van der Waals surface area contributed by atoms with E-state index in [0.29, 0.717) is 33.0 Å². The standard InChI is InChI=1S/C18H16Cl2N4O2S2/c1-26-12-7-5-11(6-8-12)21-17-23-24-18(28-17)27-10-9-15(25)22-16-13(19)3-2-4-14(16)20/h2-8H,9-10H2,1H3,(H,21,23)(H,22,25). The Balaban J connectivity index is 1.47. The fourth-order valence-electron chi connectivity index (χ4n) is 2.17. The molecule has 0 fully saturated rings. The van der Waals surface area contributed by atoms with Gasteiger partial charge in [0, 0.05) is 17.9 Å². The molecule has 0 saturated heterocycles. The molecular weight excluding hydrogens is 439 g/mol. The second kappa shape index (κ2) is 9.97. The Morgan fingerprint density at radius 2 is 1.86 bits per heavy atom. The van der Waals surface area contributed by atoms with Crippen LogP contribution in [0.5, 0.6) is 5.75 Å². The lowest BCUT2D eigenvalue weighted by Gasteiger charge is -2.08. The van der Waals surface area contributed by atoms with Gasteiger partial charge in [0.05, 0.1) is 22.8 Å². The molecule has 0 aliphatic heterocycles. The minimum absolute atomic E-state index is 0.163. The quantitative estimate of drug-likeness (QED) is 0.424. The first-order valence-electron chi connectivity index (χ1n) is 8.16. The molecule has 6 nitrogen and oxygen atoms in total. The molecule has 2 aromatic carbocycles. The highest BCUT2D eigenvalue weighted by molar-refractivity contribution is 8.01. The molecule has 10 heteroatoms. The summed E-state index contributed by atoms with van der Waals surface area (Å²) < 4.78 is 5.91. The lowest BCUT2D eigenvalue weighted by Crippen LogP contribution is -2.12. The van der Waals surface area contributed by atoms with Gasteiger partial charge < -0.3 is 15.4 Å². The molecule has 28 heavy (non-hydrogen) atoms. The minimum atomic E-state index is -0.163. The van der Waals surface area contributed by atoms with Crippen LogP contribution in [0.4, 0.5) is 16.5 Å². The molecule has 3 aromatic rings. The van der Waals surface area contributed by atoms with E-state index in [4.69, 9.17) is 27.9 Å². The van der Waals surface area contributed by atoms with E-state index in [-0.39, 0.29) is 5.91 Å². The fraction of sp³-hybridized carbons (Fsp3) is 0.167. The zero-order chi connectivity index (χ0) is 19.9. The average molecular weight is 455 g/mol. The van der Waals surface area contributed by atoms with E-state index in [1.165, 1.54) is 23.1 Å². The molecule has 2 N–H and O–H groups in total. The number of nitrogens with one attached hydrogen (secondary N) is 2. The molecular formula is C18H16Cl2N4O2S2. The van der Waals surface area contributed by atoms with Gasteiger partial charge in [0.25, 0.3) is 0 Å². The topological polar surface area (TPSA) is 76.1 Å². The summed E-state index contributed by atoms with van der Waals surface area (Å²) in [6.07, 6.45) is 0.299. The summed E-state index contributed by atoms with van der Waals surface area (Å²) >= 11 is 15.0. The summed E-state index contributed by atoms with van der Waals surface area (Å²) in [5, 5.41) is 15.7. The number of aromatic nitrogens is 2. The van der Waals surface area contributed by atoms with Gasteiger partial charge in [0.1, 0.15) is 5.75 Å². The average Bonchev–Trinajstić information content (AvgIpc) is 3.13. The highest BCUT2D eigenvalue weighted by Crippen LogP contribution is 2.31. The number of para-hydroxylation sites is 1. The lowest BCUT2D eigenvalue weighted by molar-refractivity contribution is -0.115. The Morgan fingerprint density at radius 3 is 2.54 bits per heavy atom. The normalized spacial score (nSPS) is 10.5. The van der Waals surface area contributed by atoms with Crippen molar-refractivity contribution in [2.75, 3.05) is 23.5 Å². The highest BCUT2D eigenvalue weighted by Gasteiger charge is 2.11. The van der Waals surface area contributed by atoms with Gasteiger partial charge in [0.15, 0.2) is 4.34 Å². The molecule has 0 aliphatic rings. The largest absolute Gasteiger partial charge is 0.497 e. The van der Waals surface area contributed by atoms with Crippen molar-refractivity contribution in [3.63, 3.8) is 0 Å². The number of nitrogens with zero attached hydrogens (tertiary/aromatic N) is 2. The summed E-state index contributed by atoms with van der Waals surface area (Å²) in [5.74, 6) is 1.18. The van der Waals surface area contributed by atoms with E-state index in [0.717, 1.165) is 15.8 Å². The van der Waals surface area contributed by atoms with Crippen molar-refractivity contribution in [3.8, 4) is 5.75 Å². The Hall–Kier alpha value is -2.00. The van der Waals surface area contributed by atoms with Gasteiger partial charge in [-0.2, -0.15) is 0 Å². The number of benzene rings is 2. The zero-order valence-corrected chi connectivity index (χ0v) is 17.9. The number of hydrogen-bond acceptors (Lipinski definition) is 7. The molecule has 1 aromatic heterocycles. The van der Waals surface area contributed by atoms with E-state index < -0.39 is 0 Å². The van der Waals surface area contributed by atoms with Crippen LogP contribution in [-0.4, -0.2) is 29.0 Å². The molecule has 0 radical (unpaired) electrons.